The predicted molar refractivity (Wildman–Crippen MR) is 79.3 cm³/mol. The van der Waals surface area contributed by atoms with Gasteiger partial charge in [0.15, 0.2) is 0 Å². The fraction of sp³-hybridized carbons (Fsp3) is 0.600. The molecule has 1 aliphatic rings. The van der Waals surface area contributed by atoms with Crippen LogP contribution in [0.4, 0.5) is 5.69 Å². The highest BCUT2D eigenvalue weighted by atomic mass is 32.2. The predicted octanol–water partition coefficient (Wildman–Crippen LogP) is 4.44. The van der Waals surface area contributed by atoms with Gasteiger partial charge < -0.3 is 4.90 Å². The average molecular weight is 249 g/mol. The maximum atomic E-state index is 2.56. The van der Waals surface area contributed by atoms with Crippen LogP contribution in [0.5, 0.6) is 0 Å². The molecule has 0 aromatic heterocycles. The molecule has 1 aliphatic heterocycles. The fourth-order valence-corrected chi connectivity index (χ4v) is 3.42. The Labute approximate surface area is 110 Å². The standard InChI is InChI=1S/C15H23NS/c1-11(2)13-6-5-7-14(12(3)4)15(13)16-8-9-17-10-16/h5-7,11-12H,8-10H2,1-4H3. The summed E-state index contributed by atoms with van der Waals surface area (Å²) in [6.45, 7) is 10.4. The summed E-state index contributed by atoms with van der Waals surface area (Å²) in [6, 6.07) is 6.82. The van der Waals surface area contributed by atoms with Crippen molar-refractivity contribution in [3.8, 4) is 0 Å². The van der Waals surface area contributed by atoms with Gasteiger partial charge in [-0.2, -0.15) is 0 Å². The van der Waals surface area contributed by atoms with Crippen molar-refractivity contribution in [1.29, 1.82) is 0 Å². The van der Waals surface area contributed by atoms with Crippen molar-refractivity contribution in [1.82, 2.24) is 0 Å². The van der Waals surface area contributed by atoms with E-state index < -0.39 is 0 Å². The van der Waals surface area contributed by atoms with Crippen LogP contribution >= 0.6 is 11.8 Å². The number of thioether (sulfide) groups is 1. The zero-order valence-electron chi connectivity index (χ0n) is 11.4. The summed E-state index contributed by atoms with van der Waals surface area (Å²) in [4.78, 5) is 2.56. The lowest BCUT2D eigenvalue weighted by Gasteiger charge is -2.27. The van der Waals surface area contributed by atoms with Gasteiger partial charge in [-0.1, -0.05) is 45.9 Å². The molecule has 0 aliphatic carbocycles. The Hall–Kier alpha value is -0.630. The molecule has 0 N–H and O–H groups in total. The lowest BCUT2D eigenvalue weighted by atomic mass is 9.92. The fourth-order valence-electron chi connectivity index (χ4n) is 2.47. The summed E-state index contributed by atoms with van der Waals surface area (Å²) in [6.07, 6.45) is 0. The Morgan fingerprint density at radius 1 is 1.06 bits per heavy atom. The molecule has 0 amide bonds. The number of rotatable bonds is 3. The molecule has 1 saturated heterocycles. The largest absolute Gasteiger partial charge is 0.361 e. The van der Waals surface area contributed by atoms with Crippen LogP contribution in [0.1, 0.15) is 50.7 Å². The Balaban J connectivity index is 2.49. The SMILES string of the molecule is CC(C)c1cccc(C(C)C)c1N1CCSC1. The minimum Gasteiger partial charge on any atom is -0.361 e. The van der Waals surface area contributed by atoms with Gasteiger partial charge in [0.2, 0.25) is 0 Å². The van der Waals surface area contributed by atoms with Gasteiger partial charge in [0, 0.05) is 18.0 Å². The normalized spacial score (nSPS) is 16.2. The van der Waals surface area contributed by atoms with Crippen LogP contribution in [0.3, 0.4) is 0 Å². The van der Waals surface area contributed by atoms with Gasteiger partial charge >= 0.3 is 0 Å². The number of hydrogen-bond acceptors (Lipinski definition) is 2. The number of hydrogen-bond donors (Lipinski definition) is 0. The van der Waals surface area contributed by atoms with Crippen molar-refractivity contribution in [2.45, 2.75) is 39.5 Å². The summed E-state index contributed by atoms with van der Waals surface area (Å²) < 4.78 is 0. The zero-order chi connectivity index (χ0) is 12.4. The molecule has 0 spiro atoms. The van der Waals surface area contributed by atoms with Crippen molar-refractivity contribution >= 4 is 17.4 Å². The highest BCUT2D eigenvalue weighted by Gasteiger charge is 2.21. The van der Waals surface area contributed by atoms with E-state index in [0.29, 0.717) is 11.8 Å². The lowest BCUT2D eigenvalue weighted by molar-refractivity contribution is 0.812. The first-order chi connectivity index (χ1) is 8.11. The van der Waals surface area contributed by atoms with Gasteiger partial charge in [0.1, 0.15) is 0 Å². The minimum atomic E-state index is 0.606. The third-order valence-electron chi connectivity index (χ3n) is 3.41. The van der Waals surface area contributed by atoms with Crippen molar-refractivity contribution in [3.63, 3.8) is 0 Å². The van der Waals surface area contributed by atoms with Crippen molar-refractivity contribution in [2.24, 2.45) is 0 Å². The third kappa shape index (κ3) is 2.62. The van der Waals surface area contributed by atoms with E-state index in [1.807, 2.05) is 11.8 Å². The van der Waals surface area contributed by atoms with Crippen molar-refractivity contribution in [2.75, 3.05) is 23.1 Å². The highest BCUT2D eigenvalue weighted by Crippen LogP contribution is 2.37. The summed E-state index contributed by atoms with van der Waals surface area (Å²) in [5.41, 5.74) is 4.54. The van der Waals surface area contributed by atoms with Crippen LogP contribution < -0.4 is 4.90 Å². The lowest BCUT2D eigenvalue weighted by Crippen LogP contribution is -2.22. The van der Waals surface area contributed by atoms with E-state index in [-0.39, 0.29) is 0 Å². The van der Waals surface area contributed by atoms with Gasteiger partial charge in [0.25, 0.3) is 0 Å². The first-order valence-electron chi connectivity index (χ1n) is 6.56. The maximum Gasteiger partial charge on any atom is 0.0640 e. The second-order valence-corrected chi connectivity index (χ2v) is 6.47. The summed E-state index contributed by atoms with van der Waals surface area (Å²) in [5, 5.41) is 0. The van der Waals surface area contributed by atoms with Gasteiger partial charge in [-0.3, -0.25) is 0 Å². The molecule has 0 radical (unpaired) electrons. The van der Waals surface area contributed by atoms with Crippen LogP contribution in [0.15, 0.2) is 18.2 Å². The van der Waals surface area contributed by atoms with Gasteiger partial charge in [-0.05, 0) is 23.0 Å². The third-order valence-corrected chi connectivity index (χ3v) is 4.38. The Kier molecular flexibility index (Phi) is 4.03. The Morgan fingerprint density at radius 2 is 1.65 bits per heavy atom. The average Bonchev–Trinajstić information content (AvgIpc) is 2.80. The summed E-state index contributed by atoms with van der Waals surface area (Å²) in [7, 11) is 0. The molecule has 1 nitrogen and oxygen atoms in total. The quantitative estimate of drug-likeness (QED) is 0.779. The molecule has 94 valence electrons. The number of anilines is 1. The van der Waals surface area contributed by atoms with Crippen LogP contribution in [0.25, 0.3) is 0 Å². The van der Waals surface area contributed by atoms with Crippen LogP contribution in [0, 0.1) is 0 Å². The minimum absolute atomic E-state index is 0.606. The van der Waals surface area contributed by atoms with E-state index in [1.54, 1.807) is 0 Å². The molecule has 1 aromatic carbocycles. The highest BCUT2D eigenvalue weighted by molar-refractivity contribution is 7.99. The van der Waals surface area contributed by atoms with Gasteiger partial charge in [0.05, 0.1) is 5.88 Å². The first kappa shape index (κ1) is 12.8. The Morgan fingerprint density at radius 3 is 2.06 bits per heavy atom. The molecule has 2 heteroatoms. The molecule has 0 unspecified atom stereocenters. The smallest absolute Gasteiger partial charge is 0.0640 e. The van der Waals surface area contributed by atoms with E-state index >= 15 is 0 Å². The second kappa shape index (κ2) is 5.34. The molecular weight excluding hydrogens is 226 g/mol. The molecule has 1 fully saturated rings. The van der Waals surface area contributed by atoms with Crippen LogP contribution in [-0.4, -0.2) is 18.2 Å². The molecule has 1 heterocycles. The molecule has 1 aromatic rings. The van der Waals surface area contributed by atoms with Crippen molar-refractivity contribution in [3.05, 3.63) is 29.3 Å². The molecule has 2 rings (SSSR count). The Bertz CT molecular complexity index is 352. The molecular formula is C15H23NS. The van der Waals surface area contributed by atoms with Gasteiger partial charge in [-0.15, -0.1) is 11.8 Å². The first-order valence-corrected chi connectivity index (χ1v) is 7.72. The topological polar surface area (TPSA) is 3.24 Å². The monoisotopic (exact) mass is 249 g/mol. The molecule has 0 atom stereocenters. The molecule has 17 heavy (non-hydrogen) atoms. The zero-order valence-corrected chi connectivity index (χ0v) is 12.2. The number of nitrogens with zero attached hydrogens (tertiary/aromatic N) is 1. The maximum absolute atomic E-state index is 2.56. The summed E-state index contributed by atoms with van der Waals surface area (Å²) >= 11 is 2.04. The van der Waals surface area contributed by atoms with Crippen LogP contribution in [0.2, 0.25) is 0 Å². The second-order valence-electron chi connectivity index (χ2n) is 5.40. The number of benzene rings is 1. The van der Waals surface area contributed by atoms with Crippen molar-refractivity contribution < 1.29 is 0 Å². The van der Waals surface area contributed by atoms with E-state index in [2.05, 4.69) is 50.8 Å². The van der Waals surface area contributed by atoms with E-state index in [1.165, 1.54) is 29.1 Å². The summed E-state index contributed by atoms with van der Waals surface area (Å²) in [5.74, 6) is 3.64. The van der Waals surface area contributed by atoms with E-state index in [9.17, 15) is 0 Å². The van der Waals surface area contributed by atoms with E-state index in [0.717, 1.165) is 5.88 Å². The number of para-hydroxylation sites is 1. The van der Waals surface area contributed by atoms with Crippen LogP contribution in [-0.2, 0) is 0 Å². The van der Waals surface area contributed by atoms with E-state index in [4.69, 9.17) is 0 Å². The molecule has 0 bridgehead atoms. The van der Waals surface area contributed by atoms with Gasteiger partial charge in [-0.25, -0.2) is 0 Å². The molecule has 0 saturated carbocycles.